The summed E-state index contributed by atoms with van der Waals surface area (Å²) in [6.07, 6.45) is 0.946. The van der Waals surface area contributed by atoms with Gasteiger partial charge < -0.3 is 14.7 Å². The quantitative estimate of drug-likeness (QED) is 0.665. The standard InChI is InChI=1S/C9H19NO2/c1-8(11)5-10(2)6-9-3-4-12-7-9/h8-9,11H,3-7H2,1-2H3. The molecule has 0 bridgehead atoms. The molecular formula is C9H19NO2. The summed E-state index contributed by atoms with van der Waals surface area (Å²) in [7, 11) is 2.05. The van der Waals surface area contributed by atoms with Crippen molar-refractivity contribution in [1.82, 2.24) is 4.90 Å². The molecule has 1 aliphatic rings. The zero-order chi connectivity index (χ0) is 8.97. The molecule has 0 saturated carbocycles. The first-order valence-electron chi connectivity index (χ1n) is 4.63. The van der Waals surface area contributed by atoms with Crippen LogP contribution in [0.5, 0.6) is 0 Å². The number of ether oxygens (including phenoxy) is 1. The molecular weight excluding hydrogens is 154 g/mol. The SMILES string of the molecule is CC(O)CN(C)CC1CCOC1. The lowest BCUT2D eigenvalue weighted by molar-refractivity contribution is 0.125. The van der Waals surface area contributed by atoms with E-state index in [9.17, 15) is 0 Å². The molecule has 0 aromatic heterocycles. The van der Waals surface area contributed by atoms with Crippen LogP contribution in [0.15, 0.2) is 0 Å². The summed E-state index contributed by atoms with van der Waals surface area (Å²) in [5.74, 6) is 0.675. The fourth-order valence-corrected chi connectivity index (χ4v) is 1.69. The largest absolute Gasteiger partial charge is 0.392 e. The van der Waals surface area contributed by atoms with Crippen LogP contribution < -0.4 is 0 Å². The van der Waals surface area contributed by atoms with Gasteiger partial charge in [0.15, 0.2) is 0 Å². The van der Waals surface area contributed by atoms with Crippen LogP contribution in [0.3, 0.4) is 0 Å². The molecule has 72 valence electrons. The average molecular weight is 173 g/mol. The maximum atomic E-state index is 9.12. The van der Waals surface area contributed by atoms with Crippen LogP contribution in [-0.2, 0) is 4.74 Å². The van der Waals surface area contributed by atoms with Gasteiger partial charge in [0.05, 0.1) is 12.7 Å². The zero-order valence-electron chi connectivity index (χ0n) is 7.99. The fraction of sp³-hybridized carbons (Fsp3) is 1.00. The number of aliphatic hydroxyl groups is 1. The Morgan fingerprint density at radius 1 is 1.67 bits per heavy atom. The summed E-state index contributed by atoms with van der Waals surface area (Å²) in [5, 5.41) is 9.12. The first-order valence-corrected chi connectivity index (χ1v) is 4.63. The Labute approximate surface area is 74.3 Å². The van der Waals surface area contributed by atoms with Crippen LogP contribution >= 0.6 is 0 Å². The molecule has 1 rings (SSSR count). The molecule has 1 N–H and O–H groups in total. The molecule has 1 saturated heterocycles. The minimum atomic E-state index is -0.225. The van der Waals surface area contributed by atoms with E-state index in [1.54, 1.807) is 0 Å². The van der Waals surface area contributed by atoms with Crippen LogP contribution in [0.25, 0.3) is 0 Å². The molecule has 1 aliphatic heterocycles. The van der Waals surface area contributed by atoms with E-state index < -0.39 is 0 Å². The van der Waals surface area contributed by atoms with Crippen molar-refractivity contribution in [2.24, 2.45) is 5.92 Å². The van der Waals surface area contributed by atoms with Crippen molar-refractivity contribution in [3.05, 3.63) is 0 Å². The second-order valence-corrected chi connectivity index (χ2v) is 3.80. The Morgan fingerprint density at radius 2 is 2.42 bits per heavy atom. The van der Waals surface area contributed by atoms with E-state index >= 15 is 0 Å². The third kappa shape index (κ3) is 3.52. The number of rotatable bonds is 4. The van der Waals surface area contributed by atoms with Crippen LogP contribution in [0.1, 0.15) is 13.3 Å². The van der Waals surface area contributed by atoms with Crippen molar-refractivity contribution in [2.45, 2.75) is 19.4 Å². The van der Waals surface area contributed by atoms with Gasteiger partial charge in [0.1, 0.15) is 0 Å². The minimum Gasteiger partial charge on any atom is -0.392 e. The molecule has 0 amide bonds. The molecule has 2 atom stereocenters. The van der Waals surface area contributed by atoms with Crippen molar-refractivity contribution < 1.29 is 9.84 Å². The molecule has 0 spiro atoms. The monoisotopic (exact) mass is 173 g/mol. The predicted molar refractivity (Wildman–Crippen MR) is 48.1 cm³/mol. The highest BCUT2D eigenvalue weighted by Crippen LogP contribution is 2.12. The van der Waals surface area contributed by atoms with Gasteiger partial charge in [-0.2, -0.15) is 0 Å². The molecule has 2 unspecified atom stereocenters. The van der Waals surface area contributed by atoms with E-state index in [0.717, 1.165) is 26.3 Å². The van der Waals surface area contributed by atoms with E-state index in [-0.39, 0.29) is 6.10 Å². The lowest BCUT2D eigenvalue weighted by atomic mass is 10.1. The van der Waals surface area contributed by atoms with E-state index in [1.807, 2.05) is 14.0 Å². The van der Waals surface area contributed by atoms with E-state index in [1.165, 1.54) is 6.42 Å². The summed E-state index contributed by atoms with van der Waals surface area (Å²) in [6, 6.07) is 0. The number of hydrogen-bond acceptors (Lipinski definition) is 3. The maximum absolute atomic E-state index is 9.12. The molecule has 0 radical (unpaired) electrons. The summed E-state index contributed by atoms with van der Waals surface area (Å²) in [6.45, 7) is 5.43. The van der Waals surface area contributed by atoms with Crippen molar-refractivity contribution in [1.29, 1.82) is 0 Å². The lowest BCUT2D eigenvalue weighted by Crippen LogP contribution is -2.31. The Kier molecular flexibility index (Phi) is 3.98. The van der Waals surface area contributed by atoms with Gasteiger partial charge in [0.2, 0.25) is 0 Å². The van der Waals surface area contributed by atoms with Gasteiger partial charge in [-0.05, 0) is 26.3 Å². The van der Waals surface area contributed by atoms with Crippen molar-refractivity contribution >= 4 is 0 Å². The van der Waals surface area contributed by atoms with Gasteiger partial charge in [-0.15, -0.1) is 0 Å². The van der Waals surface area contributed by atoms with Gasteiger partial charge in [0, 0.05) is 19.7 Å². The summed E-state index contributed by atoms with van der Waals surface area (Å²) < 4.78 is 5.27. The van der Waals surface area contributed by atoms with E-state index in [4.69, 9.17) is 9.84 Å². The topological polar surface area (TPSA) is 32.7 Å². The van der Waals surface area contributed by atoms with E-state index in [0.29, 0.717) is 5.92 Å². The predicted octanol–water partition coefficient (Wildman–Crippen LogP) is 0.336. The molecule has 1 fully saturated rings. The van der Waals surface area contributed by atoms with Crippen LogP contribution in [0.2, 0.25) is 0 Å². The number of nitrogens with zero attached hydrogens (tertiary/aromatic N) is 1. The molecule has 0 aliphatic carbocycles. The Balaban J connectivity index is 2.11. The minimum absolute atomic E-state index is 0.225. The average Bonchev–Trinajstić information content (AvgIpc) is 2.37. The maximum Gasteiger partial charge on any atom is 0.0638 e. The number of aliphatic hydroxyl groups excluding tert-OH is 1. The van der Waals surface area contributed by atoms with Crippen LogP contribution in [-0.4, -0.2) is 49.5 Å². The first-order chi connectivity index (χ1) is 5.68. The number of likely N-dealkylation sites (N-methyl/N-ethyl adjacent to an activating group) is 1. The fourth-order valence-electron chi connectivity index (χ4n) is 1.69. The highest BCUT2D eigenvalue weighted by Gasteiger charge is 2.17. The second-order valence-electron chi connectivity index (χ2n) is 3.80. The summed E-state index contributed by atoms with van der Waals surface area (Å²) in [5.41, 5.74) is 0. The zero-order valence-corrected chi connectivity index (χ0v) is 7.99. The van der Waals surface area contributed by atoms with Gasteiger partial charge in [-0.1, -0.05) is 0 Å². The van der Waals surface area contributed by atoms with Gasteiger partial charge in [-0.25, -0.2) is 0 Å². The van der Waals surface area contributed by atoms with Crippen molar-refractivity contribution in [2.75, 3.05) is 33.4 Å². The third-order valence-corrected chi connectivity index (χ3v) is 2.17. The van der Waals surface area contributed by atoms with Crippen LogP contribution in [0, 0.1) is 5.92 Å². The molecule has 0 aromatic rings. The molecule has 1 heterocycles. The van der Waals surface area contributed by atoms with Crippen molar-refractivity contribution in [3.8, 4) is 0 Å². The molecule has 0 aromatic carbocycles. The molecule has 3 heteroatoms. The smallest absolute Gasteiger partial charge is 0.0638 e. The summed E-state index contributed by atoms with van der Waals surface area (Å²) >= 11 is 0. The summed E-state index contributed by atoms with van der Waals surface area (Å²) in [4.78, 5) is 2.17. The van der Waals surface area contributed by atoms with Gasteiger partial charge >= 0.3 is 0 Å². The highest BCUT2D eigenvalue weighted by molar-refractivity contribution is 4.68. The highest BCUT2D eigenvalue weighted by atomic mass is 16.5. The van der Waals surface area contributed by atoms with Crippen LogP contribution in [0.4, 0.5) is 0 Å². The molecule has 12 heavy (non-hydrogen) atoms. The first kappa shape index (κ1) is 9.96. The number of hydrogen-bond donors (Lipinski definition) is 1. The Bertz CT molecular complexity index is 122. The Morgan fingerprint density at radius 3 is 2.92 bits per heavy atom. The van der Waals surface area contributed by atoms with Crippen molar-refractivity contribution in [3.63, 3.8) is 0 Å². The third-order valence-electron chi connectivity index (χ3n) is 2.17. The van der Waals surface area contributed by atoms with E-state index in [2.05, 4.69) is 4.90 Å². The lowest BCUT2D eigenvalue weighted by Gasteiger charge is -2.20. The second kappa shape index (κ2) is 4.80. The molecule has 3 nitrogen and oxygen atoms in total. The van der Waals surface area contributed by atoms with Gasteiger partial charge in [-0.3, -0.25) is 0 Å². The normalized spacial score (nSPS) is 26.5. The van der Waals surface area contributed by atoms with Gasteiger partial charge in [0.25, 0.3) is 0 Å². The Hall–Kier alpha value is -0.120.